The molecule has 1 rings (SSSR count). The summed E-state index contributed by atoms with van der Waals surface area (Å²) in [5, 5.41) is 18.9. The summed E-state index contributed by atoms with van der Waals surface area (Å²) >= 11 is 2.91. The molecule has 0 spiro atoms. The molecule has 0 saturated carbocycles. The zero-order valence-electron chi connectivity index (χ0n) is 6.10. The van der Waals surface area contributed by atoms with Crippen molar-refractivity contribution in [1.29, 1.82) is 0 Å². The summed E-state index contributed by atoms with van der Waals surface area (Å²) < 4.78 is 0.226. The van der Waals surface area contributed by atoms with E-state index in [9.17, 15) is 14.9 Å². The van der Waals surface area contributed by atoms with E-state index in [0.717, 1.165) is 6.07 Å². The number of nitrogens with zero attached hydrogens (tertiary/aromatic N) is 2. The molecular formula is C6H3BrN2O4. The second kappa shape index (κ2) is 3.48. The Morgan fingerprint density at radius 1 is 1.62 bits per heavy atom. The van der Waals surface area contributed by atoms with Gasteiger partial charge in [0.2, 0.25) is 4.60 Å². The Labute approximate surface area is 80.5 Å². The maximum Gasteiger partial charge on any atom is 0.379 e. The average molecular weight is 247 g/mol. The predicted octanol–water partition coefficient (Wildman–Crippen LogP) is 1.45. The van der Waals surface area contributed by atoms with E-state index >= 15 is 0 Å². The summed E-state index contributed by atoms with van der Waals surface area (Å²) in [6.07, 6.45) is 0. The average Bonchev–Trinajstić information content (AvgIpc) is 2.03. The Hall–Kier alpha value is -1.50. The number of hydrogen-bond acceptors (Lipinski definition) is 4. The van der Waals surface area contributed by atoms with Crippen LogP contribution in [0.25, 0.3) is 0 Å². The van der Waals surface area contributed by atoms with E-state index in [2.05, 4.69) is 20.9 Å². The van der Waals surface area contributed by atoms with Gasteiger partial charge in [-0.25, -0.2) is 4.79 Å². The van der Waals surface area contributed by atoms with Gasteiger partial charge in [-0.2, -0.15) is 0 Å². The van der Waals surface area contributed by atoms with Gasteiger partial charge >= 0.3 is 11.8 Å². The van der Waals surface area contributed by atoms with Crippen molar-refractivity contribution in [3.63, 3.8) is 0 Å². The summed E-state index contributed by atoms with van der Waals surface area (Å²) in [4.78, 5) is 23.4. The molecule has 0 aliphatic rings. The third-order valence-corrected chi connectivity index (χ3v) is 1.69. The summed E-state index contributed by atoms with van der Waals surface area (Å²) in [6, 6.07) is 2.45. The first-order chi connectivity index (χ1) is 6.02. The molecule has 0 atom stereocenters. The van der Waals surface area contributed by atoms with Gasteiger partial charge in [-0.1, -0.05) is 0 Å². The number of carboxylic acids is 1. The SMILES string of the molecule is O=C(O)c1ccc(Br)nc1[N+](=O)[O-]. The molecule has 13 heavy (non-hydrogen) atoms. The lowest BCUT2D eigenvalue weighted by atomic mass is 10.2. The number of rotatable bonds is 2. The van der Waals surface area contributed by atoms with Gasteiger partial charge < -0.3 is 15.2 Å². The van der Waals surface area contributed by atoms with Crippen LogP contribution >= 0.6 is 15.9 Å². The quantitative estimate of drug-likeness (QED) is 0.484. The topological polar surface area (TPSA) is 93.3 Å². The van der Waals surface area contributed by atoms with Crippen LogP contribution in [0, 0.1) is 10.1 Å². The highest BCUT2D eigenvalue weighted by Gasteiger charge is 2.21. The normalized spacial score (nSPS) is 9.62. The number of pyridine rings is 1. The third-order valence-electron chi connectivity index (χ3n) is 1.24. The zero-order valence-corrected chi connectivity index (χ0v) is 7.69. The minimum atomic E-state index is -1.37. The largest absolute Gasteiger partial charge is 0.477 e. The van der Waals surface area contributed by atoms with Gasteiger partial charge in [0.15, 0.2) is 5.56 Å². The van der Waals surface area contributed by atoms with Gasteiger partial charge in [-0.15, -0.1) is 0 Å². The van der Waals surface area contributed by atoms with Crippen LogP contribution in [-0.4, -0.2) is 21.0 Å². The molecule has 7 heteroatoms. The predicted molar refractivity (Wildman–Crippen MR) is 45.6 cm³/mol. The van der Waals surface area contributed by atoms with E-state index in [0.29, 0.717) is 0 Å². The maximum atomic E-state index is 10.5. The minimum absolute atomic E-state index is 0.226. The van der Waals surface area contributed by atoms with Gasteiger partial charge in [-0.05, 0) is 22.0 Å². The van der Waals surface area contributed by atoms with E-state index in [4.69, 9.17) is 5.11 Å². The van der Waals surface area contributed by atoms with Crippen molar-refractivity contribution in [2.75, 3.05) is 0 Å². The van der Waals surface area contributed by atoms with Crippen molar-refractivity contribution in [3.8, 4) is 0 Å². The highest BCUT2D eigenvalue weighted by Crippen LogP contribution is 2.18. The standard InChI is InChI=1S/C6H3BrN2O4/c7-4-2-1-3(6(10)11)5(8-4)9(12)13/h1-2H,(H,10,11). The Bertz CT molecular complexity index is 379. The molecule has 0 aliphatic carbocycles. The lowest BCUT2D eigenvalue weighted by Crippen LogP contribution is -2.04. The van der Waals surface area contributed by atoms with Crippen LogP contribution in [0.15, 0.2) is 16.7 Å². The molecule has 0 saturated heterocycles. The minimum Gasteiger partial charge on any atom is -0.477 e. The molecule has 1 N–H and O–H groups in total. The van der Waals surface area contributed by atoms with Crippen LogP contribution < -0.4 is 0 Å². The molecular weight excluding hydrogens is 244 g/mol. The van der Waals surface area contributed by atoms with Gasteiger partial charge in [0.05, 0.1) is 0 Å². The fourth-order valence-electron chi connectivity index (χ4n) is 0.731. The van der Waals surface area contributed by atoms with Gasteiger partial charge in [0.25, 0.3) is 0 Å². The fourth-order valence-corrected chi connectivity index (χ4v) is 1.03. The van der Waals surface area contributed by atoms with Crippen LogP contribution in [0.4, 0.5) is 5.82 Å². The number of carbonyl (C=O) groups is 1. The second-order valence-corrected chi connectivity index (χ2v) is 2.88. The van der Waals surface area contributed by atoms with Crippen molar-refractivity contribution in [1.82, 2.24) is 4.98 Å². The molecule has 0 radical (unpaired) electrons. The number of hydrogen-bond donors (Lipinski definition) is 1. The molecule has 1 heterocycles. The van der Waals surface area contributed by atoms with Crippen molar-refractivity contribution in [2.45, 2.75) is 0 Å². The van der Waals surface area contributed by atoms with Crippen LogP contribution in [-0.2, 0) is 0 Å². The number of carboxylic acid groups (broad SMARTS) is 1. The Kier molecular flexibility index (Phi) is 2.57. The summed E-state index contributed by atoms with van der Waals surface area (Å²) in [7, 11) is 0. The van der Waals surface area contributed by atoms with Crippen LogP contribution in [0.3, 0.4) is 0 Å². The van der Waals surface area contributed by atoms with Gasteiger partial charge in [0, 0.05) is 15.9 Å². The molecule has 0 aliphatic heterocycles. The highest BCUT2D eigenvalue weighted by atomic mass is 79.9. The van der Waals surface area contributed by atoms with E-state index in [1.54, 1.807) is 0 Å². The number of aromatic carboxylic acids is 1. The van der Waals surface area contributed by atoms with Crippen LogP contribution in [0.2, 0.25) is 0 Å². The van der Waals surface area contributed by atoms with E-state index in [1.165, 1.54) is 6.07 Å². The molecule has 1 aromatic rings. The van der Waals surface area contributed by atoms with Crippen molar-refractivity contribution >= 4 is 27.7 Å². The Morgan fingerprint density at radius 2 is 2.23 bits per heavy atom. The number of nitro groups is 1. The molecule has 0 aromatic carbocycles. The molecule has 0 bridgehead atoms. The molecule has 6 nitrogen and oxygen atoms in total. The first-order valence-corrected chi connectivity index (χ1v) is 3.86. The van der Waals surface area contributed by atoms with Crippen LogP contribution in [0.5, 0.6) is 0 Å². The summed E-state index contributed by atoms with van der Waals surface area (Å²) in [5.74, 6) is -2.03. The first-order valence-electron chi connectivity index (χ1n) is 3.06. The molecule has 0 unspecified atom stereocenters. The first kappa shape index (κ1) is 9.59. The number of halogens is 1. The lowest BCUT2D eigenvalue weighted by molar-refractivity contribution is -0.390. The fraction of sp³-hybridized carbons (Fsp3) is 0. The zero-order chi connectivity index (χ0) is 10.0. The van der Waals surface area contributed by atoms with E-state index in [-0.39, 0.29) is 4.60 Å². The highest BCUT2D eigenvalue weighted by molar-refractivity contribution is 9.10. The number of aromatic nitrogens is 1. The van der Waals surface area contributed by atoms with Gasteiger partial charge in [-0.3, -0.25) is 0 Å². The Morgan fingerprint density at radius 3 is 2.69 bits per heavy atom. The Balaban J connectivity index is 3.35. The monoisotopic (exact) mass is 246 g/mol. The maximum absolute atomic E-state index is 10.5. The van der Waals surface area contributed by atoms with Crippen molar-refractivity contribution in [3.05, 3.63) is 32.4 Å². The van der Waals surface area contributed by atoms with E-state index < -0.39 is 22.3 Å². The lowest BCUT2D eigenvalue weighted by Gasteiger charge is -1.96. The molecule has 68 valence electrons. The van der Waals surface area contributed by atoms with Gasteiger partial charge in [0.1, 0.15) is 0 Å². The summed E-state index contributed by atoms with van der Waals surface area (Å²) in [5.41, 5.74) is -0.423. The second-order valence-electron chi connectivity index (χ2n) is 2.07. The molecule has 1 aromatic heterocycles. The third kappa shape index (κ3) is 2.00. The molecule has 0 amide bonds. The summed E-state index contributed by atoms with van der Waals surface area (Å²) in [6.45, 7) is 0. The van der Waals surface area contributed by atoms with Crippen molar-refractivity contribution < 1.29 is 14.8 Å². The smallest absolute Gasteiger partial charge is 0.379 e. The molecule has 0 fully saturated rings. The van der Waals surface area contributed by atoms with Crippen molar-refractivity contribution in [2.24, 2.45) is 0 Å². The van der Waals surface area contributed by atoms with E-state index in [1.807, 2.05) is 0 Å². The van der Waals surface area contributed by atoms with Crippen LogP contribution in [0.1, 0.15) is 10.4 Å².